The number of hydrogen-bond donors (Lipinski definition) is 1. The number of thiazole rings is 1. The molecule has 1 N–H and O–H groups in total. The number of aromatic nitrogens is 3. The summed E-state index contributed by atoms with van der Waals surface area (Å²) in [6.45, 7) is 0.685. The number of likely N-dealkylation sites (N-methyl/N-ethyl adjacent to an activating group) is 1. The Bertz CT molecular complexity index is 932. The molecule has 0 aliphatic rings. The van der Waals surface area contributed by atoms with E-state index in [-0.39, 0.29) is 12.5 Å². The highest BCUT2D eigenvalue weighted by Crippen LogP contribution is 2.23. The molecule has 1 amide bonds. The smallest absolute Gasteiger partial charge is 0.239 e. The largest absolute Gasteiger partial charge is 0.358 e. The summed E-state index contributed by atoms with van der Waals surface area (Å²) in [6.07, 6.45) is 8.87. The molecule has 7 heteroatoms. The number of benzene rings is 1. The summed E-state index contributed by atoms with van der Waals surface area (Å²) in [5.74, 6) is 3.13. The number of nitrogens with one attached hydrogen (secondary N) is 1. The summed E-state index contributed by atoms with van der Waals surface area (Å²) >= 11 is 1.48. The highest BCUT2D eigenvalue weighted by atomic mass is 32.1. The van der Waals surface area contributed by atoms with Crippen LogP contribution in [-0.2, 0) is 11.3 Å². The van der Waals surface area contributed by atoms with E-state index in [1.165, 1.54) is 11.3 Å². The van der Waals surface area contributed by atoms with E-state index in [1.807, 2.05) is 34.5 Å². The quantitative estimate of drug-likeness (QED) is 0.681. The minimum absolute atomic E-state index is 0.0852. The molecule has 0 saturated heterocycles. The topological polar surface area (TPSA) is 71.0 Å². The van der Waals surface area contributed by atoms with Crippen LogP contribution >= 0.6 is 11.3 Å². The molecule has 1 aromatic carbocycles. The van der Waals surface area contributed by atoms with Crippen LogP contribution in [0.3, 0.4) is 0 Å². The van der Waals surface area contributed by atoms with E-state index in [0.717, 1.165) is 22.0 Å². The van der Waals surface area contributed by atoms with E-state index >= 15 is 0 Å². The number of carbonyl (C=O) groups excluding carboxylic acids is 1. The lowest BCUT2D eigenvalue weighted by molar-refractivity contribution is -0.119. The summed E-state index contributed by atoms with van der Waals surface area (Å²) in [7, 11) is 1.62. The van der Waals surface area contributed by atoms with Crippen molar-refractivity contribution in [2.24, 2.45) is 0 Å². The van der Waals surface area contributed by atoms with Gasteiger partial charge in [-0.2, -0.15) is 0 Å². The highest BCUT2D eigenvalue weighted by molar-refractivity contribution is 7.13. The Kier molecular flexibility index (Phi) is 5.56. The van der Waals surface area contributed by atoms with Crippen LogP contribution in [0.15, 0.2) is 48.1 Å². The summed E-state index contributed by atoms with van der Waals surface area (Å²) < 4.78 is 0. The number of anilines is 1. The fourth-order valence-corrected chi connectivity index (χ4v) is 3.13. The van der Waals surface area contributed by atoms with Crippen LogP contribution in [-0.4, -0.2) is 34.5 Å². The van der Waals surface area contributed by atoms with E-state index in [9.17, 15) is 4.79 Å². The second-order valence-electron chi connectivity index (χ2n) is 5.44. The summed E-state index contributed by atoms with van der Waals surface area (Å²) in [5.41, 5.74) is 2.48. The lowest BCUT2D eigenvalue weighted by Crippen LogP contribution is -2.35. The summed E-state index contributed by atoms with van der Waals surface area (Å²) in [6, 6.07) is 9.32. The van der Waals surface area contributed by atoms with Crippen LogP contribution in [0.4, 0.5) is 5.69 Å². The molecule has 2 heterocycles. The first-order valence-corrected chi connectivity index (χ1v) is 8.81. The molecule has 3 rings (SSSR count). The van der Waals surface area contributed by atoms with Crippen molar-refractivity contribution in [3.63, 3.8) is 0 Å². The van der Waals surface area contributed by atoms with Crippen LogP contribution in [0, 0.1) is 12.3 Å². The van der Waals surface area contributed by atoms with Crippen molar-refractivity contribution in [3.05, 3.63) is 59.4 Å². The maximum atomic E-state index is 11.9. The van der Waals surface area contributed by atoms with Crippen molar-refractivity contribution in [2.75, 3.05) is 18.5 Å². The molecule has 0 spiro atoms. The molecule has 2 aromatic heterocycles. The van der Waals surface area contributed by atoms with Crippen molar-refractivity contribution >= 4 is 22.9 Å². The fraction of sp³-hybridized carbons (Fsp3) is 0.158. The van der Waals surface area contributed by atoms with Gasteiger partial charge in [0.1, 0.15) is 0 Å². The minimum atomic E-state index is -0.0852. The third-order valence-electron chi connectivity index (χ3n) is 3.65. The predicted octanol–water partition coefficient (Wildman–Crippen LogP) is 2.33. The number of terminal acetylenes is 1. The Morgan fingerprint density at radius 1 is 1.31 bits per heavy atom. The van der Waals surface area contributed by atoms with Gasteiger partial charge in [0.2, 0.25) is 5.91 Å². The average Bonchev–Trinajstić information content (AvgIpc) is 3.16. The van der Waals surface area contributed by atoms with E-state index in [2.05, 4.69) is 26.2 Å². The number of carbonyl (C=O) groups is 1. The van der Waals surface area contributed by atoms with Gasteiger partial charge in [-0.25, -0.2) is 15.0 Å². The molecule has 130 valence electrons. The number of nitrogens with zero attached hydrogens (tertiary/aromatic N) is 4. The minimum Gasteiger partial charge on any atom is -0.358 e. The lowest BCUT2D eigenvalue weighted by atomic mass is 10.2. The average molecular weight is 363 g/mol. The van der Waals surface area contributed by atoms with E-state index in [1.54, 1.807) is 25.5 Å². The van der Waals surface area contributed by atoms with Crippen LogP contribution in [0.25, 0.3) is 10.8 Å². The Balaban J connectivity index is 1.85. The first-order valence-electron chi connectivity index (χ1n) is 7.93. The number of hydrogen-bond acceptors (Lipinski definition) is 6. The molecule has 3 aromatic rings. The van der Waals surface area contributed by atoms with Crippen molar-refractivity contribution in [3.8, 4) is 23.2 Å². The van der Waals surface area contributed by atoms with Gasteiger partial charge in [-0.3, -0.25) is 4.79 Å². The molecule has 0 saturated carbocycles. The van der Waals surface area contributed by atoms with Gasteiger partial charge >= 0.3 is 0 Å². The maximum Gasteiger partial charge on any atom is 0.239 e. The summed E-state index contributed by atoms with van der Waals surface area (Å²) in [5, 5.41) is 5.35. The molecular weight excluding hydrogens is 346 g/mol. The van der Waals surface area contributed by atoms with Gasteiger partial charge in [0, 0.05) is 36.1 Å². The van der Waals surface area contributed by atoms with Gasteiger partial charge in [-0.1, -0.05) is 12.0 Å². The normalized spacial score (nSPS) is 10.2. The molecule has 0 radical (unpaired) electrons. The molecule has 26 heavy (non-hydrogen) atoms. The van der Waals surface area contributed by atoms with E-state index in [4.69, 9.17) is 6.42 Å². The van der Waals surface area contributed by atoms with Gasteiger partial charge < -0.3 is 10.2 Å². The predicted molar refractivity (Wildman–Crippen MR) is 103 cm³/mol. The zero-order valence-electron chi connectivity index (χ0n) is 14.2. The Morgan fingerprint density at radius 3 is 2.85 bits per heavy atom. The standard InChI is InChI=1S/C19H17N5OS/c1-3-14-6-4-7-16(10-14)24(12-17(25)20-2)11-15-13-26-19(23-15)18-21-8-5-9-22-18/h1,4-10,13H,11-12H2,2H3,(H,20,25). The van der Waals surface area contributed by atoms with E-state index in [0.29, 0.717) is 12.4 Å². The number of rotatable bonds is 6. The molecular formula is C19H17N5OS. The van der Waals surface area contributed by atoms with Gasteiger partial charge in [0.15, 0.2) is 10.8 Å². The SMILES string of the molecule is C#Cc1cccc(N(CC(=O)NC)Cc2csc(-c3ncccn3)n2)c1. The molecule has 0 fully saturated rings. The monoisotopic (exact) mass is 363 g/mol. The third kappa shape index (κ3) is 4.23. The van der Waals surface area contributed by atoms with Crippen LogP contribution < -0.4 is 10.2 Å². The fourth-order valence-electron chi connectivity index (χ4n) is 2.37. The number of amides is 1. The van der Waals surface area contributed by atoms with Gasteiger partial charge in [-0.05, 0) is 24.3 Å². The Hall–Kier alpha value is -3.24. The molecule has 6 nitrogen and oxygen atoms in total. The zero-order valence-corrected chi connectivity index (χ0v) is 15.0. The first kappa shape index (κ1) is 17.6. The van der Waals surface area contributed by atoms with Crippen molar-refractivity contribution in [2.45, 2.75) is 6.54 Å². The van der Waals surface area contributed by atoms with Crippen molar-refractivity contribution < 1.29 is 4.79 Å². The van der Waals surface area contributed by atoms with Gasteiger partial charge in [0.25, 0.3) is 0 Å². The highest BCUT2D eigenvalue weighted by Gasteiger charge is 2.15. The second-order valence-corrected chi connectivity index (χ2v) is 6.30. The van der Waals surface area contributed by atoms with E-state index < -0.39 is 0 Å². The van der Waals surface area contributed by atoms with Gasteiger partial charge in [0.05, 0.1) is 18.8 Å². The second kappa shape index (κ2) is 8.23. The van der Waals surface area contributed by atoms with Crippen LogP contribution in [0.5, 0.6) is 0 Å². The third-order valence-corrected chi connectivity index (χ3v) is 4.54. The van der Waals surface area contributed by atoms with Crippen LogP contribution in [0.2, 0.25) is 0 Å². The molecule has 0 atom stereocenters. The van der Waals surface area contributed by atoms with Crippen LogP contribution in [0.1, 0.15) is 11.3 Å². The molecule has 0 unspecified atom stereocenters. The van der Waals surface area contributed by atoms with Crippen molar-refractivity contribution in [1.29, 1.82) is 0 Å². The van der Waals surface area contributed by atoms with Crippen molar-refractivity contribution in [1.82, 2.24) is 20.3 Å². The zero-order chi connectivity index (χ0) is 18.4. The molecule has 0 aliphatic carbocycles. The Morgan fingerprint density at radius 2 is 2.12 bits per heavy atom. The summed E-state index contributed by atoms with van der Waals surface area (Å²) in [4.78, 5) is 26.9. The van der Waals surface area contributed by atoms with Gasteiger partial charge in [-0.15, -0.1) is 17.8 Å². The lowest BCUT2D eigenvalue weighted by Gasteiger charge is -2.23. The maximum absolute atomic E-state index is 11.9. The molecule has 0 aliphatic heterocycles. The first-order chi connectivity index (χ1) is 12.7. The Labute approximate surface area is 156 Å². The molecule has 0 bridgehead atoms.